The van der Waals surface area contributed by atoms with Crippen LogP contribution in [0.5, 0.6) is 5.75 Å². The Bertz CT molecular complexity index is 1400. The Hall–Kier alpha value is -4.50. The molecular weight excluding hydrogens is 442 g/mol. The van der Waals surface area contributed by atoms with Crippen LogP contribution in [0.1, 0.15) is 0 Å². The number of anilines is 4. The van der Waals surface area contributed by atoms with Crippen LogP contribution in [0.15, 0.2) is 73.6 Å². The minimum absolute atomic E-state index is 0.284. The molecule has 0 aliphatic carbocycles. The maximum absolute atomic E-state index is 11.7. The minimum atomic E-state index is -0.284. The van der Waals surface area contributed by atoms with E-state index in [0.717, 1.165) is 40.9 Å². The van der Waals surface area contributed by atoms with Crippen LogP contribution in [0.4, 0.5) is 23.0 Å². The Morgan fingerprint density at radius 1 is 1.14 bits per heavy atom. The molecule has 0 unspecified atom stereocenters. The first-order valence-electron chi connectivity index (χ1n) is 11.2. The Kier molecular flexibility index (Phi) is 6.23. The number of carbonyl (C=O) groups excluding carboxylic acids is 1. The molecule has 9 nitrogen and oxygen atoms in total. The average Bonchev–Trinajstić information content (AvgIpc) is 2.86. The molecule has 4 aromatic rings. The molecule has 3 heterocycles. The molecule has 0 radical (unpaired) electrons. The number of ether oxygens (including phenoxy) is 1. The van der Waals surface area contributed by atoms with E-state index in [2.05, 4.69) is 37.8 Å². The summed E-state index contributed by atoms with van der Waals surface area (Å²) in [5.41, 5.74) is 4.62. The summed E-state index contributed by atoms with van der Waals surface area (Å²) in [5.74, 6) is 0.836. The van der Waals surface area contributed by atoms with Crippen molar-refractivity contribution < 1.29 is 9.53 Å². The van der Waals surface area contributed by atoms with Crippen molar-refractivity contribution >= 4 is 39.8 Å². The summed E-state index contributed by atoms with van der Waals surface area (Å²) in [6.45, 7) is 5.40. The highest BCUT2D eigenvalue weighted by Gasteiger charge is 2.17. The largest absolute Gasteiger partial charge is 0.494 e. The first-order valence-corrected chi connectivity index (χ1v) is 11.2. The van der Waals surface area contributed by atoms with Crippen molar-refractivity contribution in [2.45, 2.75) is 6.04 Å². The van der Waals surface area contributed by atoms with Crippen LogP contribution < -0.4 is 26.0 Å². The molecule has 2 aromatic carbocycles. The highest BCUT2D eigenvalue weighted by molar-refractivity contribution is 5.99. The van der Waals surface area contributed by atoms with Gasteiger partial charge in [0.2, 0.25) is 11.9 Å². The predicted molar refractivity (Wildman–Crippen MR) is 138 cm³/mol. The van der Waals surface area contributed by atoms with E-state index in [-0.39, 0.29) is 5.91 Å². The minimum Gasteiger partial charge on any atom is -0.494 e. The molecule has 5 rings (SSSR count). The van der Waals surface area contributed by atoms with Crippen molar-refractivity contribution in [3.05, 3.63) is 73.6 Å². The van der Waals surface area contributed by atoms with Gasteiger partial charge in [0, 0.05) is 53.9 Å². The van der Waals surface area contributed by atoms with E-state index < -0.39 is 0 Å². The number of hydrogen-bond donors (Lipinski definition) is 4. The summed E-state index contributed by atoms with van der Waals surface area (Å²) >= 11 is 0. The van der Waals surface area contributed by atoms with Gasteiger partial charge in [-0.3, -0.25) is 9.78 Å². The van der Waals surface area contributed by atoms with Crippen LogP contribution in [-0.4, -0.2) is 47.1 Å². The summed E-state index contributed by atoms with van der Waals surface area (Å²) in [7, 11) is 1.64. The zero-order chi connectivity index (χ0) is 24.2. The topological polar surface area (TPSA) is 113 Å². The smallest absolute Gasteiger partial charge is 0.247 e. The SMILES string of the molecule is C=CC(=O)Nc1ccnc(-c2cccc3cnc(Nc4ccc(NC5CNC5)cc4OC)nc23)c1. The van der Waals surface area contributed by atoms with Crippen LogP contribution in [-0.2, 0) is 4.79 Å². The number of fused-ring (bicyclic) bond motifs is 1. The van der Waals surface area contributed by atoms with E-state index in [1.54, 1.807) is 31.6 Å². The van der Waals surface area contributed by atoms with Crippen LogP contribution >= 0.6 is 0 Å². The molecule has 0 saturated carbocycles. The maximum atomic E-state index is 11.7. The van der Waals surface area contributed by atoms with E-state index in [0.29, 0.717) is 29.1 Å². The number of methoxy groups -OCH3 is 1. The molecule has 2 aromatic heterocycles. The average molecular weight is 468 g/mol. The molecule has 0 bridgehead atoms. The fourth-order valence-corrected chi connectivity index (χ4v) is 3.80. The predicted octanol–water partition coefficient (Wildman–Crippen LogP) is 3.95. The van der Waals surface area contributed by atoms with Gasteiger partial charge in [-0.15, -0.1) is 0 Å². The summed E-state index contributed by atoms with van der Waals surface area (Å²) in [6, 6.07) is 15.7. The number of aromatic nitrogens is 3. The molecule has 35 heavy (non-hydrogen) atoms. The summed E-state index contributed by atoms with van der Waals surface area (Å²) in [4.78, 5) is 25.5. The Balaban J connectivity index is 1.45. The summed E-state index contributed by atoms with van der Waals surface area (Å²) in [5, 5.41) is 13.6. The molecule has 4 N–H and O–H groups in total. The lowest BCUT2D eigenvalue weighted by Gasteiger charge is -2.29. The first-order chi connectivity index (χ1) is 17.1. The van der Waals surface area contributed by atoms with Crippen molar-refractivity contribution in [1.29, 1.82) is 0 Å². The van der Waals surface area contributed by atoms with E-state index >= 15 is 0 Å². The van der Waals surface area contributed by atoms with Crippen LogP contribution in [0.25, 0.3) is 22.2 Å². The molecule has 1 fully saturated rings. The van der Waals surface area contributed by atoms with E-state index in [1.165, 1.54) is 6.08 Å². The molecule has 1 aliphatic rings. The monoisotopic (exact) mass is 467 g/mol. The third-order valence-corrected chi connectivity index (χ3v) is 5.70. The number of pyridine rings is 1. The summed E-state index contributed by atoms with van der Waals surface area (Å²) < 4.78 is 5.60. The van der Waals surface area contributed by atoms with Crippen molar-refractivity contribution in [3.8, 4) is 17.0 Å². The quantitative estimate of drug-likeness (QED) is 0.288. The Labute approximate surface area is 202 Å². The lowest BCUT2D eigenvalue weighted by atomic mass is 10.1. The van der Waals surface area contributed by atoms with Gasteiger partial charge in [-0.1, -0.05) is 24.8 Å². The van der Waals surface area contributed by atoms with Gasteiger partial charge in [0.05, 0.1) is 30.0 Å². The van der Waals surface area contributed by atoms with Gasteiger partial charge in [0.1, 0.15) is 5.75 Å². The molecule has 0 spiro atoms. The molecule has 1 saturated heterocycles. The Morgan fingerprint density at radius 3 is 2.80 bits per heavy atom. The van der Waals surface area contributed by atoms with Gasteiger partial charge >= 0.3 is 0 Å². The number of rotatable bonds is 8. The van der Waals surface area contributed by atoms with Gasteiger partial charge in [-0.05, 0) is 30.3 Å². The number of carbonyl (C=O) groups is 1. The first kappa shape index (κ1) is 22.3. The van der Waals surface area contributed by atoms with Gasteiger partial charge in [0.25, 0.3) is 0 Å². The van der Waals surface area contributed by atoms with E-state index in [9.17, 15) is 4.79 Å². The van der Waals surface area contributed by atoms with Gasteiger partial charge in [-0.25, -0.2) is 9.97 Å². The molecule has 9 heteroatoms. The van der Waals surface area contributed by atoms with Gasteiger partial charge < -0.3 is 26.0 Å². The van der Waals surface area contributed by atoms with Crippen LogP contribution in [0.2, 0.25) is 0 Å². The lowest BCUT2D eigenvalue weighted by Crippen LogP contribution is -2.51. The number of benzene rings is 2. The van der Waals surface area contributed by atoms with Gasteiger partial charge in [0.15, 0.2) is 0 Å². The van der Waals surface area contributed by atoms with Crippen molar-refractivity contribution in [3.63, 3.8) is 0 Å². The van der Waals surface area contributed by atoms with Crippen molar-refractivity contribution in [1.82, 2.24) is 20.3 Å². The second kappa shape index (κ2) is 9.78. The number of amides is 1. The number of hydrogen-bond acceptors (Lipinski definition) is 8. The van der Waals surface area contributed by atoms with Crippen molar-refractivity contribution in [2.24, 2.45) is 0 Å². The number of para-hydroxylation sites is 1. The van der Waals surface area contributed by atoms with Crippen molar-refractivity contribution in [2.75, 3.05) is 36.1 Å². The zero-order valence-corrected chi connectivity index (χ0v) is 19.2. The van der Waals surface area contributed by atoms with Crippen LogP contribution in [0, 0.1) is 0 Å². The highest BCUT2D eigenvalue weighted by atomic mass is 16.5. The molecule has 1 aliphatic heterocycles. The standard InChI is InChI=1S/C26H25N7O2/c1-3-24(34)31-18-9-10-28-22(11-18)20-6-4-5-16-13-29-26(33-25(16)20)32-21-8-7-17(12-23(21)35-2)30-19-14-27-15-19/h3-13,19,27,30H,1,14-15H2,2H3,(H,28,31,34)(H,29,32,33). The molecule has 176 valence electrons. The van der Waals surface area contributed by atoms with E-state index in [1.807, 2.05) is 36.4 Å². The second-order valence-electron chi connectivity index (χ2n) is 8.10. The maximum Gasteiger partial charge on any atom is 0.247 e. The third-order valence-electron chi connectivity index (χ3n) is 5.70. The normalized spacial score (nSPS) is 13.1. The zero-order valence-electron chi connectivity index (χ0n) is 19.2. The van der Waals surface area contributed by atoms with E-state index in [4.69, 9.17) is 9.72 Å². The lowest BCUT2D eigenvalue weighted by molar-refractivity contribution is -0.111. The number of nitrogens with one attached hydrogen (secondary N) is 4. The second-order valence-corrected chi connectivity index (χ2v) is 8.10. The fourth-order valence-electron chi connectivity index (χ4n) is 3.80. The highest BCUT2D eigenvalue weighted by Crippen LogP contribution is 2.32. The fraction of sp³-hybridized carbons (Fsp3) is 0.154. The molecule has 1 amide bonds. The van der Waals surface area contributed by atoms with Crippen LogP contribution in [0.3, 0.4) is 0 Å². The third kappa shape index (κ3) is 4.90. The molecule has 0 atom stereocenters. The number of nitrogens with zero attached hydrogens (tertiary/aromatic N) is 3. The summed E-state index contributed by atoms with van der Waals surface area (Å²) in [6.07, 6.45) is 4.64. The Morgan fingerprint density at radius 2 is 2.03 bits per heavy atom. The van der Waals surface area contributed by atoms with Gasteiger partial charge in [-0.2, -0.15) is 0 Å². The molecular formula is C26H25N7O2.